The maximum absolute atomic E-state index is 13.6. The van der Waals surface area contributed by atoms with E-state index in [2.05, 4.69) is 5.32 Å². The average Bonchev–Trinajstić information content (AvgIpc) is 2.38. The van der Waals surface area contributed by atoms with Gasteiger partial charge in [0.1, 0.15) is 5.69 Å². The van der Waals surface area contributed by atoms with E-state index in [1.54, 1.807) is 11.8 Å². The van der Waals surface area contributed by atoms with E-state index in [4.69, 9.17) is 0 Å². The minimum atomic E-state index is -0.924. The number of benzene rings is 1. The Morgan fingerprint density at radius 1 is 1.37 bits per heavy atom. The lowest BCUT2D eigenvalue weighted by Gasteiger charge is -2.22. The second-order valence-corrected chi connectivity index (χ2v) is 5.82. The van der Waals surface area contributed by atoms with Crippen LogP contribution in [-0.2, 0) is 0 Å². The maximum atomic E-state index is 13.6. The monoisotopic (exact) mass is 288 g/mol. The van der Waals surface area contributed by atoms with Crippen molar-refractivity contribution >= 4 is 23.1 Å². The number of hydrogen-bond donors (Lipinski definition) is 1. The van der Waals surface area contributed by atoms with Crippen LogP contribution in [0.25, 0.3) is 0 Å². The fourth-order valence-corrected chi connectivity index (χ4v) is 3.26. The summed E-state index contributed by atoms with van der Waals surface area (Å²) in [7, 11) is 0. The molecule has 0 bridgehead atoms. The van der Waals surface area contributed by atoms with E-state index in [1.165, 1.54) is 6.42 Å². The van der Waals surface area contributed by atoms with Crippen molar-refractivity contribution in [3.05, 3.63) is 33.9 Å². The molecule has 1 saturated heterocycles. The van der Waals surface area contributed by atoms with Gasteiger partial charge >= 0.3 is 0 Å². The highest BCUT2D eigenvalue weighted by atomic mass is 32.2. The second kappa shape index (κ2) is 6.18. The van der Waals surface area contributed by atoms with Crippen LogP contribution in [0.5, 0.6) is 0 Å². The third kappa shape index (κ3) is 3.56. The summed E-state index contributed by atoms with van der Waals surface area (Å²) in [5, 5.41) is 13.5. The highest BCUT2D eigenvalue weighted by molar-refractivity contribution is 7.99. The third-order valence-corrected chi connectivity index (χ3v) is 4.42. The Morgan fingerprint density at radius 3 is 2.58 bits per heavy atom. The van der Waals surface area contributed by atoms with Crippen LogP contribution in [0.1, 0.15) is 19.3 Å². The smallest absolute Gasteiger partial charge is 0.275 e. The summed E-state index contributed by atoms with van der Waals surface area (Å²) in [5.74, 6) is -0.780. The fourth-order valence-electron chi connectivity index (χ4n) is 2.02. The highest BCUT2D eigenvalue weighted by Crippen LogP contribution is 2.28. The van der Waals surface area contributed by atoms with Crippen molar-refractivity contribution in [3.63, 3.8) is 0 Å². The van der Waals surface area contributed by atoms with Gasteiger partial charge in [0, 0.05) is 11.8 Å². The van der Waals surface area contributed by atoms with Crippen molar-refractivity contribution in [2.75, 3.05) is 17.6 Å². The van der Waals surface area contributed by atoms with Crippen molar-refractivity contribution < 1.29 is 13.7 Å². The van der Waals surface area contributed by atoms with Crippen LogP contribution in [0.3, 0.4) is 0 Å². The van der Waals surface area contributed by atoms with E-state index in [1.807, 2.05) is 0 Å². The van der Waals surface area contributed by atoms with Crippen LogP contribution < -0.4 is 5.32 Å². The maximum Gasteiger partial charge on any atom is 0.275 e. The third-order valence-electron chi connectivity index (χ3n) is 3.02. The normalized spacial score (nSPS) is 19.2. The average molecular weight is 288 g/mol. The minimum absolute atomic E-state index is 0.281. The first-order valence-electron chi connectivity index (χ1n) is 6.07. The van der Waals surface area contributed by atoms with E-state index >= 15 is 0 Å². The van der Waals surface area contributed by atoms with Crippen LogP contribution >= 0.6 is 11.8 Å². The number of rotatable bonds is 4. The molecule has 1 unspecified atom stereocenters. The molecule has 0 amide bonds. The lowest BCUT2D eigenvalue weighted by molar-refractivity contribution is -0.385. The number of hydrogen-bond acceptors (Lipinski definition) is 4. The molecule has 0 aliphatic carbocycles. The summed E-state index contributed by atoms with van der Waals surface area (Å²) in [6, 6.07) is 1.47. The minimum Gasteiger partial charge on any atom is -0.379 e. The molecule has 1 aliphatic heterocycles. The molecule has 1 heterocycles. The molecule has 0 radical (unpaired) electrons. The molecule has 1 aromatic rings. The number of nitrogens with zero attached hydrogens (tertiary/aromatic N) is 1. The van der Waals surface area contributed by atoms with E-state index in [0.29, 0.717) is 11.8 Å². The molecular weight excluding hydrogens is 274 g/mol. The van der Waals surface area contributed by atoms with Crippen LogP contribution in [0.2, 0.25) is 0 Å². The molecule has 19 heavy (non-hydrogen) atoms. The van der Waals surface area contributed by atoms with Crippen LogP contribution in [0, 0.1) is 21.7 Å². The number of nitrogens with one attached hydrogen (secondary N) is 1. The summed E-state index contributed by atoms with van der Waals surface area (Å²) in [5.41, 5.74) is -0.857. The van der Waals surface area contributed by atoms with Gasteiger partial charge in [-0.1, -0.05) is 6.42 Å². The van der Waals surface area contributed by atoms with Crippen LogP contribution in [0.15, 0.2) is 12.1 Å². The van der Waals surface area contributed by atoms with Crippen molar-refractivity contribution in [3.8, 4) is 0 Å². The number of halogens is 2. The topological polar surface area (TPSA) is 55.2 Å². The molecule has 104 valence electrons. The molecule has 1 aliphatic rings. The summed E-state index contributed by atoms with van der Waals surface area (Å²) in [6.45, 7) is 0.469. The number of non-ortho nitro benzene ring substituents is 1. The summed E-state index contributed by atoms with van der Waals surface area (Å²) < 4.78 is 27.2. The molecule has 1 fully saturated rings. The van der Waals surface area contributed by atoms with Crippen molar-refractivity contribution in [1.82, 2.24) is 0 Å². The number of thioether (sulfide) groups is 1. The Hall–Kier alpha value is -1.37. The molecule has 2 rings (SSSR count). The van der Waals surface area contributed by atoms with E-state index in [0.717, 1.165) is 30.7 Å². The SMILES string of the molecule is O=[N+]([O-])c1cc(F)c(NCC2CCCCS2)c(F)c1. The quantitative estimate of drug-likeness (QED) is 0.679. The standard InChI is InChI=1S/C12H14F2N2O2S/c13-10-5-8(16(17)18)6-11(14)12(10)15-7-9-3-1-2-4-19-9/h5-6,9,15H,1-4,7H2. The van der Waals surface area contributed by atoms with E-state index < -0.39 is 22.2 Å². The van der Waals surface area contributed by atoms with Gasteiger partial charge in [-0.25, -0.2) is 8.78 Å². The van der Waals surface area contributed by atoms with Gasteiger partial charge in [0.15, 0.2) is 11.6 Å². The number of nitro benzene ring substituents is 1. The largest absolute Gasteiger partial charge is 0.379 e. The fraction of sp³-hybridized carbons (Fsp3) is 0.500. The summed E-state index contributed by atoms with van der Waals surface area (Å²) in [6.07, 6.45) is 3.33. The molecule has 1 aromatic carbocycles. The van der Waals surface area contributed by atoms with E-state index in [-0.39, 0.29) is 5.69 Å². The van der Waals surface area contributed by atoms with Gasteiger partial charge in [-0.3, -0.25) is 10.1 Å². The van der Waals surface area contributed by atoms with Crippen LogP contribution in [0.4, 0.5) is 20.2 Å². The first kappa shape index (κ1) is 14.0. The van der Waals surface area contributed by atoms with Crippen molar-refractivity contribution in [2.24, 2.45) is 0 Å². The molecule has 1 N–H and O–H groups in total. The Balaban J connectivity index is 2.05. The van der Waals surface area contributed by atoms with Crippen molar-refractivity contribution in [1.29, 1.82) is 0 Å². The molecular formula is C12H14F2N2O2S. The highest BCUT2D eigenvalue weighted by Gasteiger charge is 2.19. The Kier molecular flexibility index (Phi) is 4.57. The Labute approximate surface area is 113 Å². The first-order chi connectivity index (χ1) is 9.08. The van der Waals surface area contributed by atoms with Gasteiger partial charge in [-0.05, 0) is 18.6 Å². The van der Waals surface area contributed by atoms with Gasteiger partial charge in [-0.2, -0.15) is 11.8 Å². The first-order valence-corrected chi connectivity index (χ1v) is 7.11. The van der Waals surface area contributed by atoms with Crippen molar-refractivity contribution in [2.45, 2.75) is 24.5 Å². The van der Waals surface area contributed by atoms with Gasteiger partial charge in [0.05, 0.1) is 17.1 Å². The van der Waals surface area contributed by atoms with Crippen LogP contribution in [-0.4, -0.2) is 22.5 Å². The zero-order chi connectivity index (χ0) is 13.8. The van der Waals surface area contributed by atoms with E-state index in [9.17, 15) is 18.9 Å². The second-order valence-electron chi connectivity index (χ2n) is 4.41. The lowest BCUT2D eigenvalue weighted by Crippen LogP contribution is -2.21. The lowest BCUT2D eigenvalue weighted by atomic mass is 10.2. The number of nitro groups is 1. The summed E-state index contributed by atoms with van der Waals surface area (Å²) in [4.78, 5) is 9.66. The predicted molar refractivity (Wildman–Crippen MR) is 71.6 cm³/mol. The summed E-state index contributed by atoms with van der Waals surface area (Å²) >= 11 is 1.79. The molecule has 7 heteroatoms. The molecule has 0 saturated carbocycles. The molecule has 4 nitrogen and oxygen atoms in total. The van der Waals surface area contributed by atoms with Gasteiger partial charge in [0.25, 0.3) is 5.69 Å². The Bertz CT molecular complexity index is 456. The Morgan fingerprint density at radius 2 is 2.05 bits per heavy atom. The predicted octanol–water partition coefficient (Wildman–Crippen LogP) is 3.57. The molecule has 1 atom stereocenters. The molecule has 0 spiro atoms. The van der Waals surface area contributed by atoms with Gasteiger partial charge in [-0.15, -0.1) is 0 Å². The van der Waals surface area contributed by atoms with Gasteiger partial charge < -0.3 is 5.32 Å². The van der Waals surface area contributed by atoms with Gasteiger partial charge in [0.2, 0.25) is 0 Å². The number of anilines is 1. The zero-order valence-corrected chi connectivity index (χ0v) is 11.0. The zero-order valence-electron chi connectivity index (χ0n) is 10.2. The molecule has 0 aromatic heterocycles.